The number of urea groups is 1. The molecule has 1 N–H and O–H groups in total. The highest BCUT2D eigenvalue weighted by Crippen LogP contribution is 2.16. The third-order valence-corrected chi connectivity index (χ3v) is 4.06. The first-order valence-electron chi connectivity index (χ1n) is 9.31. The van der Waals surface area contributed by atoms with Gasteiger partial charge < -0.3 is 19.7 Å². The van der Waals surface area contributed by atoms with Crippen LogP contribution in [0, 0.1) is 0 Å². The Balaban J connectivity index is 1.75. The molecule has 0 aliphatic heterocycles. The van der Waals surface area contributed by atoms with Crippen molar-refractivity contribution in [2.75, 3.05) is 20.3 Å². The van der Waals surface area contributed by atoms with Gasteiger partial charge in [0.25, 0.3) is 0 Å². The maximum Gasteiger partial charge on any atom is 0.411 e. The molecule has 0 aliphatic rings. The van der Waals surface area contributed by atoms with Crippen molar-refractivity contribution in [2.45, 2.75) is 25.9 Å². The standard InChI is InChI=1S/C22H25F3N2O3/c1-3-12-30-20-10-8-18(9-11-20)14-27(2)21(28)26-13-17-4-6-19(7-5-17)15-29-16-22(23,24)25/h3-11H,1,12-16H2,2H3,(H,26,28). The number of amides is 2. The fraction of sp³-hybridized carbons (Fsp3) is 0.318. The highest BCUT2D eigenvalue weighted by atomic mass is 19.4. The summed E-state index contributed by atoms with van der Waals surface area (Å²) in [7, 11) is 1.69. The summed E-state index contributed by atoms with van der Waals surface area (Å²) < 4.78 is 46.3. The first-order chi connectivity index (χ1) is 14.3. The van der Waals surface area contributed by atoms with Crippen LogP contribution in [0.5, 0.6) is 5.75 Å². The van der Waals surface area contributed by atoms with E-state index in [1.54, 1.807) is 42.3 Å². The number of nitrogens with one attached hydrogen (secondary N) is 1. The van der Waals surface area contributed by atoms with Gasteiger partial charge in [0.05, 0.1) is 6.61 Å². The fourth-order valence-corrected chi connectivity index (χ4v) is 2.54. The molecule has 0 atom stereocenters. The number of rotatable bonds is 10. The van der Waals surface area contributed by atoms with Crippen LogP contribution >= 0.6 is 0 Å². The maximum absolute atomic E-state index is 12.3. The van der Waals surface area contributed by atoms with Crippen molar-refractivity contribution in [1.82, 2.24) is 10.2 Å². The van der Waals surface area contributed by atoms with E-state index < -0.39 is 12.8 Å². The molecule has 0 saturated heterocycles. The fourth-order valence-electron chi connectivity index (χ4n) is 2.54. The monoisotopic (exact) mass is 422 g/mol. The number of hydrogen-bond donors (Lipinski definition) is 1. The second-order valence-electron chi connectivity index (χ2n) is 6.68. The van der Waals surface area contributed by atoms with E-state index in [0.29, 0.717) is 25.3 Å². The van der Waals surface area contributed by atoms with Crippen molar-refractivity contribution in [1.29, 1.82) is 0 Å². The third-order valence-electron chi connectivity index (χ3n) is 4.06. The van der Waals surface area contributed by atoms with Crippen molar-refractivity contribution in [3.63, 3.8) is 0 Å². The molecule has 0 unspecified atom stereocenters. The number of hydrogen-bond acceptors (Lipinski definition) is 3. The summed E-state index contributed by atoms with van der Waals surface area (Å²) >= 11 is 0. The molecule has 0 heterocycles. The number of benzene rings is 2. The molecule has 0 aromatic heterocycles. The Labute approximate surface area is 174 Å². The zero-order chi connectivity index (χ0) is 22.0. The molecule has 2 aromatic rings. The van der Waals surface area contributed by atoms with E-state index in [-0.39, 0.29) is 12.6 Å². The molecule has 0 spiro atoms. The normalized spacial score (nSPS) is 11.1. The number of halogens is 3. The molecular formula is C22H25F3N2O3. The molecule has 30 heavy (non-hydrogen) atoms. The SMILES string of the molecule is C=CCOc1ccc(CN(C)C(=O)NCc2ccc(COCC(F)(F)F)cc2)cc1. The summed E-state index contributed by atoms with van der Waals surface area (Å²) in [5.41, 5.74) is 2.42. The van der Waals surface area contributed by atoms with Crippen molar-refractivity contribution >= 4 is 6.03 Å². The summed E-state index contributed by atoms with van der Waals surface area (Å²) in [6.07, 6.45) is -2.67. The average molecular weight is 422 g/mol. The van der Waals surface area contributed by atoms with Crippen LogP contribution < -0.4 is 10.1 Å². The highest BCUT2D eigenvalue weighted by molar-refractivity contribution is 5.73. The van der Waals surface area contributed by atoms with Crippen LogP contribution in [0.4, 0.5) is 18.0 Å². The van der Waals surface area contributed by atoms with Crippen molar-refractivity contribution in [2.24, 2.45) is 0 Å². The zero-order valence-electron chi connectivity index (χ0n) is 16.7. The van der Waals surface area contributed by atoms with E-state index in [4.69, 9.17) is 4.74 Å². The predicted molar refractivity (Wildman–Crippen MR) is 108 cm³/mol. The average Bonchev–Trinajstić information content (AvgIpc) is 2.71. The summed E-state index contributed by atoms with van der Waals surface area (Å²) in [5, 5.41) is 2.81. The topological polar surface area (TPSA) is 50.8 Å². The van der Waals surface area contributed by atoms with Gasteiger partial charge in [0.1, 0.15) is 19.0 Å². The van der Waals surface area contributed by atoms with E-state index >= 15 is 0 Å². The second kappa shape index (κ2) is 11.3. The number of nitrogens with zero attached hydrogens (tertiary/aromatic N) is 1. The Morgan fingerprint density at radius 2 is 1.67 bits per heavy atom. The van der Waals surface area contributed by atoms with Gasteiger partial charge in [-0.2, -0.15) is 13.2 Å². The Morgan fingerprint density at radius 1 is 1.07 bits per heavy atom. The Hall–Kier alpha value is -3.00. The number of carbonyl (C=O) groups is 1. The van der Waals surface area contributed by atoms with Crippen molar-refractivity contribution in [3.8, 4) is 5.75 Å². The zero-order valence-corrected chi connectivity index (χ0v) is 16.7. The number of carbonyl (C=O) groups excluding carboxylic acids is 1. The lowest BCUT2D eigenvalue weighted by molar-refractivity contribution is -0.176. The van der Waals surface area contributed by atoms with Gasteiger partial charge in [-0.25, -0.2) is 4.79 Å². The second-order valence-corrected chi connectivity index (χ2v) is 6.68. The van der Waals surface area contributed by atoms with Crippen LogP contribution in [0.25, 0.3) is 0 Å². The van der Waals surface area contributed by atoms with Gasteiger partial charge >= 0.3 is 12.2 Å². The van der Waals surface area contributed by atoms with Crippen LogP contribution in [0.15, 0.2) is 61.2 Å². The minimum atomic E-state index is -4.34. The molecule has 8 heteroatoms. The Morgan fingerprint density at radius 3 is 2.27 bits per heavy atom. The molecule has 162 valence electrons. The highest BCUT2D eigenvalue weighted by Gasteiger charge is 2.27. The van der Waals surface area contributed by atoms with Gasteiger partial charge in [0, 0.05) is 20.1 Å². The molecule has 2 rings (SSSR count). The largest absolute Gasteiger partial charge is 0.490 e. The molecule has 0 bridgehead atoms. The molecule has 0 aliphatic carbocycles. The smallest absolute Gasteiger partial charge is 0.411 e. The van der Waals surface area contributed by atoms with Crippen LogP contribution in [0.3, 0.4) is 0 Å². The first-order valence-corrected chi connectivity index (χ1v) is 9.31. The van der Waals surface area contributed by atoms with E-state index in [1.807, 2.05) is 24.3 Å². The maximum atomic E-state index is 12.3. The molecule has 2 aromatic carbocycles. The van der Waals surface area contributed by atoms with Crippen LogP contribution in [-0.2, 0) is 24.4 Å². The van der Waals surface area contributed by atoms with Crippen LogP contribution in [-0.4, -0.2) is 37.4 Å². The van der Waals surface area contributed by atoms with Gasteiger partial charge in [0.2, 0.25) is 0 Å². The van der Waals surface area contributed by atoms with Gasteiger partial charge in [-0.3, -0.25) is 0 Å². The molecule has 2 amide bonds. The first kappa shape index (κ1) is 23.3. The quantitative estimate of drug-likeness (QED) is 0.566. The lowest BCUT2D eigenvalue weighted by atomic mass is 10.1. The van der Waals surface area contributed by atoms with E-state index in [9.17, 15) is 18.0 Å². The summed E-state index contributed by atoms with van der Waals surface area (Å²) in [6, 6.07) is 14.1. The Bertz CT molecular complexity index is 806. The lowest BCUT2D eigenvalue weighted by Gasteiger charge is -2.18. The minimum Gasteiger partial charge on any atom is -0.490 e. The van der Waals surface area contributed by atoms with E-state index in [1.165, 1.54) is 0 Å². The number of ether oxygens (including phenoxy) is 2. The molecule has 0 saturated carbocycles. The van der Waals surface area contributed by atoms with Gasteiger partial charge in [0.15, 0.2) is 0 Å². The van der Waals surface area contributed by atoms with Crippen molar-refractivity contribution in [3.05, 3.63) is 77.9 Å². The molecule has 5 nitrogen and oxygen atoms in total. The van der Waals surface area contributed by atoms with Crippen LogP contribution in [0.1, 0.15) is 16.7 Å². The Kier molecular flexibility index (Phi) is 8.73. The number of alkyl halides is 3. The molecular weight excluding hydrogens is 397 g/mol. The molecule has 0 fully saturated rings. The van der Waals surface area contributed by atoms with Gasteiger partial charge in [-0.1, -0.05) is 49.1 Å². The summed E-state index contributed by atoms with van der Waals surface area (Å²) in [5.74, 6) is 0.734. The summed E-state index contributed by atoms with van der Waals surface area (Å²) in [6.45, 7) is 3.38. The minimum absolute atomic E-state index is 0.119. The predicted octanol–water partition coefficient (Wildman–Crippen LogP) is 4.67. The lowest BCUT2D eigenvalue weighted by Crippen LogP contribution is -2.36. The summed E-state index contributed by atoms with van der Waals surface area (Å²) in [4.78, 5) is 13.8. The molecule has 0 radical (unpaired) electrons. The van der Waals surface area contributed by atoms with Crippen LogP contribution in [0.2, 0.25) is 0 Å². The van der Waals surface area contributed by atoms with Crippen molar-refractivity contribution < 1.29 is 27.4 Å². The van der Waals surface area contributed by atoms with Gasteiger partial charge in [-0.05, 0) is 28.8 Å². The third kappa shape index (κ3) is 8.57. The van der Waals surface area contributed by atoms with E-state index in [0.717, 1.165) is 16.9 Å². The van der Waals surface area contributed by atoms with Gasteiger partial charge in [-0.15, -0.1) is 0 Å². The van der Waals surface area contributed by atoms with E-state index in [2.05, 4.69) is 16.6 Å².